The van der Waals surface area contributed by atoms with Gasteiger partial charge in [0.05, 0.1) is 0 Å². The van der Waals surface area contributed by atoms with Gasteiger partial charge in [0.2, 0.25) is 0 Å². The van der Waals surface area contributed by atoms with Gasteiger partial charge in [0.15, 0.2) is 0 Å². The Bertz CT molecular complexity index is 267. The molecule has 1 unspecified atom stereocenters. The molecule has 0 radical (unpaired) electrons. The lowest BCUT2D eigenvalue weighted by molar-refractivity contribution is -0.138. The Hall–Kier alpha value is -1.29. The largest absolute Gasteiger partial charge is 0.480 e. The minimum atomic E-state index is -1.01. The summed E-state index contributed by atoms with van der Waals surface area (Å²) in [4.78, 5) is 10.4. The minimum Gasteiger partial charge on any atom is -0.480 e. The van der Waals surface area contributed by atoms with E-state index in [1.807, 2.05) is 0 Å². The van der Waals surface area contributed by atoms with Crippen molar-refractivity contribution in [2.24, 2.45) is 12.8 Å². The molecule has 4 heteroatoms. The number of aromatic nitrogens is 1. The number of rotatable bonds is 2. The number of carbonyl (C=O) groups is 1. The highest BCUT2D eigenvalue weighted by Crippen LogP contribution is 2.09. The van der Waals surface area contributed by atoms with Gasteiger partial charge in [-0.15, -0.1) is 0 Å². The van der Waals surface area contributed by atoms with E-state index in [1.165, 1.54) is 0 Å². The Morgan fingerprint density at radius 1 is 1.82 bits per heavy atom. The smallest absolute Gasteiger partial charge is 0.326 e. The van der Waals surface area contributed by atoms with E-state index in [2.05, 4.69) is 0 Å². The molecule has 1 atom stereocenters. The zero-order valence-corrected chi connectivity index (χ0v) is 6.19. The van der Waals surface area contributed by atoms with Crippen LogP contribution in [0.4, 0.5) is 0 Å². The van der Waals surface area contributed by atoms with Gasteiger partial charge in [-0.2, -0.15) is 0 Å². The van der Waals surface area contributed by atoms with Crippen molar-refractivity contribution in [1.82, 2.24) is 4.57 Å². The number of carboxylic acids is 1. The molecule has 0 bridgehead atoms. The predicted molar refractivity (Wildman–Crippen MR) is 40.0 cm³/mol. The molecule has 1 aromatic heterocycles. The van der Waals surface area contributed by atoms with Crippen molar-refractivity contribution in [3.63, 3.8) is 0 Å². The average Bonchev–Trinajstić information content (AvgIpc) is 2.33. The summed E-state index contributed by atoms with van der Waals surface area (Å²) in [5.41, 5.74) is 5.97. The van der Waals surface area contributed by atoms with Crippen molar-refractivity contribution in [1.29, 1.82) is 0 Å². The second-order valence-corrected chi connectivity index (χ2v) is 2.36. The van der Waals surface area contributed by atoms with Crippen LogP contribution in [-0.2, 0) is 11.8 Å². The molecule has 1 aromatic rings. The summed E-state index contributed by atoms with van der Waals surface area (Å²) in [6.07, 6.45) is 1.76. The molecule has 4 nitrogen and oxygen atoms in total. The first-order valence-electron chi connectivity index (χ1n) is 3.22. The number of carboxylic acid groups (broad SMARTS) is 1. The van der Waals surface area contributed by atoms with Crippen molar-refractivity contribution in [2.45, 2.75) is 6.04 Å². The van der Waals surface area contributed by atoms with Crippen LogP contribution in [0.1, 0.15) is 11.7 Å². The van der Waals surface area contributed by atoms with E-state index in [0.717, 1.165) is 0 Å². The third-order valence-electron chi connectivity index (χ3n) is 1.57. The van der Waals surface area contributed by atoms with Gasteiger partial charge in [0.25, 0.3) is 0 Å². The summed E-state index contributed by atoms with van der Waals surface area (Å²) < 4.78 is 1.69. The number of aliphatic carboxylic acids is 1. The molecule has 0 fully saturated rings. The Labute approximate surface area is 64.2 Å². The highest BCUT2D eigenvalue weighted by Gasteiger charge is 2.15. The fraction of sp³-hybridized carbons (Fsp3) is 0.286. The quantitative estimate of drug-likeness (QED) is 0.635. The number of hydrogen-bond donors (Lipinski definition) is 2. The maximum Gasteiger partial charge on any atom is 0.326 e. The highest BCUT2D eigenvalue weighted by molar-refractivity contribution is 5.74. The molecule has 60 valence electrons. The Kier molecular flexibility index (Phi) is 1.96. The van der Waals surface area contributed by atoms with Crippen molar-refractivity contribution >= 4 is 5.97 Å². The van der Waals surface area contributed by atoms with E-state index in [4.69, 9.17) is 10.8 Å². The van der Waals surface area contributed by atoms with Crippen molar-refractivity contribution in [2.75, 3.05) is 0 Å². The lowest BCUT2D eigenvalue weighted by atomic mass is 10.2. The first-order valence-corrected chi connectivity index (χ1v) is 3.22. The number of aryl methyl sites for hydroxylation is 1. The molecule has 1 heterocycles. The molecule has 0 aromatic carbocycles. The summed E-state index contributed by atoms with van der Waals surface area (Å²) >= 11 is 0. The Morgan fingerprint density at radius 2 is 2.45 bits per heavy atom. The van der Waals surface area contributed by atoms with Crippen molar-refractivity contribution in [3.05, 3.63) is 24.0 Å². The molecule has 0 amide bonds. The molecule has 11 heavy (non-hydrogen) atoms. The van der Waals surface area contributed by atoms with Gasteiger partial charge < -0.3 is 15.4 Å². The second-order valence-electron chi connectivity index (χ2n) is 2.36. The Morgan fingerprint density at radius 3 is 2.82 bits per heavy atom. The zero-order valence-electron chi connectivity index (χ0n) is 6.19. The van der Waals surface area contributed by atoms with Crippen LogP contribution in [0.25, 0.3) is 0 Å². The van der Waals surface area contributed by atoms with Gasteiger partial charge in [-0.1, -0.05) is 0 Å². The molecule has 0 aliphatic carbocycles. The van der Waals surface area contributed by atoms with E-state index >= 15 is 0 Å². The van der Waals surface area contributed by atoms with Crippen LogP contribution < -0.4 is 5.73 Å². The summed E-state index contributed by atoms with van der Waals surface area (Å²) in [6, 6.07) is 2.53. The van der Waals surface area contributed by atoms with Crippen molar-refractivity contribution < 1.29 is 9.90 Å². The van der Waals surface area contributed by atoms with Crippen LogP contribution in [-0.4, -0.2) is 15.6 Å². The van der Waals surface area contributed by atoms with Crippen molar-refractivity contribution in [3.8, 4) is 0 Å². The number of nitrogens with two attached hydrogens (primary N) is 1. The summed E-state index contributed by atoms with van der Waals surface area (Å²) in [6.45, 7) is 0. The lowest BCUT2D eigenvalue weighted by Crippen LogP contribution is -2.22. The third kappa shape index (κ3) is 1.40. The fourth-order valence-electron chi connectivity index (χ4n) is 0.924. The lowest BCUT2D eigenvalue weighted by Gasteiger charge is -2.06. The van der Waals surface area contributed by atoms with Crippen LogP contribution in [0.5, 0.6) is 0 Å². The summed E-state index contributed by atoms with van der Waals surface area (Å²) in [5, 5.41) is 8.54. The molecule has 0 aliphatic rings. The van der Waals surface area contributed by atoms with Gasteiger partial charge in [-0.3, -0.25) is 4.79 Å². The standard InChI is InChI=1S/C7H10N2O2/c1-9-4-2-3-5(9)6(8)7(10)11/h2-4,6H,8H2,1H3,(H,10,11). The molecule has 1 rings (SSSR count). The molecule has 0 aliphatic heterocycles. The van der Waals surface area contributed by atoms with E-state index in [-0.39, 0.29) is 0 Å². The normalized spacial score (nSPS) is 12.9. The van der Waals surface area contributed by atoms with E-state index in [1.54, 1.807) is 29.9 Å². The maximum absolute atomic E-state index is 10.4. The molecule has 0 saturated heterocycles. The summed E-state index contributed by atoms with van der Waals surface area (Å²) in [7, 11) is 1.76. The van der Waals surface area contributed by atoms with Gasteiger partial charge in [-0.05, 0) is 12.1 Å². The van der Waals surface area contributed by atoms with E-state index in [9.17, 15) is 4.79 Å². The first kappa shape index (κ1) is 7.81. The third-order valence-corrected chi connectivity index (χ3v) is 1.57. The minimum absolute atomic E-state index is 0.609. The topological polar surface area (TPSA) is 68.2 Å². The second kappa shape index (κ2) is 2.75. The van der Waals surface area contributed by atoms with Crippen LogP contribution in [0.3, 0.4) is 0 Å². The van der Waals surface area contributed by atoms with Crippen LogP contribution in [0.15, 0.2) is 18.3 Å². The fourth-order valence-corrected chi connectivity index (χ4v) is 0.924. The average molecular weight is 154 g/mol. The Balaban J connectivity index is 2.92. The van der Waals surface area contributed by atoms with Crippen LogP contribution in [0.2, 0.25) is 0 Å². The highest BCUT2D eigenvalue weighted by atomic mass is 16.4. The predicted octanol–water partition coefficient (Wildman–Crippen LogP) is 0.109. The molecule has 0 saturated carbocycles. The van der Waals surface area contributed by atoms with Crippen LogP contribution in [0, 0.1) is 0 Å². The number of hydrogen-bond acceptors (Lipinski definition) is 2. The summed E-state index contributed by atoms with van der Waals surface area (Å²) in [5.74, 6) is -1.01. The maximum atomic E-state index is 10.4. The molecule has 0 spiro atoms. The van der Waals surface area contributed by atoms with Gasteiger partial charge >= 0.3 is 5.97 Å². The van der Waals surface area contributed by atoms with E-state index < -0.39 is 12.0 Å². The van der Waals surface area contributed by atoms with Gasteiger partial charge in [0, 0.05) is 18.9 Å². The first-order chi connectivity index (χ1) is 5.13. The monoisotopic (exact) mass is 154 g/mol. The van der Waals surface area contributed by atoms with Crippen LogP contribution >= 0.6 is 0 Å². The molecular weight excluding hydrogens is 144 g/mol. The SMILES string of the molecule is Cn1cccc1C(N)C(=O)O. The molecular formula is C7H10N2O2. The molecule has 3 N–H and O–H groups in total. The van der Waals surface area contributed by atoms with Gasteiger partial charge in [0.1, 0.15) is 6.04 Å². The van der Waals surface area contributed by atoms with Gasteiger partial charge in [-0.25, -0.2) is 0 Å². The van der Waals surface area contributed by atoms with E-state index in [0.29, 0.717) is 5.69 Å². The number of nitrogens with zero attached hydrogens (tertiary/aromatic N) is 1. The zero-order chi connectivity index (χ0) is 8.43.